The molecule has 0 radical (unpaired) electrons. The fraction of sp³-hybridized carbons (Fsp3) is 0.879. The first-order valence-corrected chi connectivity index (χ1v) is 37.1. The first-order valence-electron chi connectivity index (χ1n) is 34.1. The highest BCUT2D eigenvalue weighted by Gasteiger charge is 2.30. The molecule has 0 aliphatic rings. The molecule has 0 bridgehead atoms. The van der Waals surface area contributed by atoms with Crippen LogP contribution in [0.2, 0.25) is 0 Å². The van der Waals surface area contributed by atoms with E-state index in [4.69, 9.17) is 37.0 Å². The van der Waals surface area contributed by atoms with Gasteiger partial charge in [0.2, 0.25) is 0 Å². The highest BCUT2D eigenvalue weighted by atomic mass is 31.2. The van der Waals surface area contributed by atoms with Gasteiger partial charge in [-0.15, -0.1) is 0 Å². The number of carbonyl (C=O) groups is 4. The van der Waals surface area contributed by atoms with Gasteiger partial charge in [-0.25, -0.2) is 9.13 Å². The molecular formula is C66H124O17P2. The molecule has 0 aromatic rings. The van der Waals surface area contributed by atoms with Crippen LogP contribution in [0, 0.1) is 0 Å². The Balaban J connectivity index is 5.26. The van der Waals surface area contributed by atoms with E-state index in [2.05, 4.69) is 52.0 Å². The molecule has 0 heterocycles. The molecule has 0 aromatic carbocycles. The number of phosphoric acid groups is 2. The molecule has 3 N–H and O–H groups in total. The maximum Gasteiger partial charge on any atom is 0.472 e. The number of rotatable bonds is 65. The minimum Gasteiger partial charge on any atom is -0.462 e. The van der Waals surface area contributed by atoms with E-state index in [9.17, 15) is 43.2 Å². The van der Waals surface area contributed by atoms with Crippen LogP contribution in [-0.4, -0.2) is 96.7 Å². The van der Waals surface area contributed by atoms with Crippen molar-refractivity contribution in [1.29, 1.82) is 0 Å². The predicted octanol–water partition coefficient (Wildman–Crippen LogP) is 18.3. The molecule has 0 amide bonds. The summed E-state index contributed by atoms with van der Waals surface area (Å²) in [5.74, 6) is -2.16. The quantitative estimate of drug-likeness (QED) is 0.0169. The van der Waals surface area contributed by atoms with Gasteiger partial charge in [-0.1, -0.05) is 264 Å². The summed E-state index contributed by atoms with van der Waals surface area (Å²) in [6.45, 7) is 4.81. The number of ether oxygens (including phenoxy) is 4. The van der Waals surface area contributed by atoms with Gasteiger partial charge in [0.1, 0.15) is 19.3 Å². The van der Waals surface area contributed by atoms with Crippen molar-refractivity contribution < 1.29 is 80.2 Å². The van der Waals surface area contributed by atoms with Gasteiger partial charge in [0.05, 0.1) is 26.4 Å². The zero-order valence-electron chi connectivity index (χ0n) is 54.1. The molecule has 500 valence electrons. The molecule has 2 unspecified atom stereocenters. The number of carbonyl (C=O) groups excluding carboxylic acids is 4. The molecule has 0 aromatic heterocycles. The maximum atomic E-state index is 13.0. The average molecular weight is 1250 g/mol. The lowest BCUT2D eigenvalue weighted by molar-refractivity contribution is -0.161. The highest BCUT2D eigenvalue weighted by molar-refractivity contribution is 7.47. The number of esters is 4. The van der Waals surface area contributed by atoms with Crippen LogP contribution in [0.25, 0.3) is 0 Å². The van der Waals surface area contributed by atoms with E-state index >= 15 is 0 Å². The van der Waals surface area contributed by atoms with E-state index in [1.165, 1.54) is 128 Å². The van der Waals surface area contributed by atoms with Gasteiger partial charge < -0.3 is 33.8 Å². The second-order valence-corrected chi connectivity index (χ2v) is 26.1. The van der Waals surface area contributed by atoms with Crippen LogP contribution < -0.4 is 0 Å². The number of hydrogen-bond donors (Lipinski definition) is 3. The number of aliphatic hydroxyl groups excluding tert-OH is 1. The molecule has 0 saturated carbocycles. The zero-order chi connectivity index (χ0) is 62.6. The third kappa shape index (κ3) is 60.2. The fourth-order valence-corrected chi connectivity index (χ4v) is 11.0. The van der Waals surface area contributed by atoms with Gasteiger partial charge in [-0.3, -0.25) is 37.3 Å². The van der Waals surface area contributed by atoms with Gasteiger partial charge in [-0.05, 0) is 51.4 Å². The minimum absolute atomic E-state index is 0.0856. The molecule has 0 saturated heterocycles. The third-order valence-electron chi connectivity index (χ3n) is 14.7. The molecule has 17 nitrogen and oxygen atoms in total. The predicted molar refractivity (Wildman–Crippen MR) is 340 cm³/mol. The SMILES string of the molecule is CCCCCC/C=C\C=C/CCCCCCCC(=O)O[C@H](COC(=O)CCCCCCCCCCCCCC)COP(=O)(O)OC[C@@H](O)COP(=O)(O)OC[C@@H](COC(=O)CCCCCCCCCC)OC(=O)CCCCCCCCCCCC. The Morgan fingerprint density at radius 1 is 0.329 bits per heavy atom. The Morgan fingerprint density at radius 2 is 0.565 bits per heavy atom. The van der Waals surface area contributed by atoms with Crippen LogP contribution in [0.3, 0.4) is 0 Å². The van der Waals surface area contributed by atoms with Gasteiger partial charge >= 0.3 is 39.5 Å². The van der Waals surface area contributed by atoms with Crippen LogP contribution in [0.15, 0.2) is 24.3 Å². The molecule has 0 fully saturated rings. The molecule has 0 aliphatic carbocycles. The Hall–Kier alpha value is -2.46. The van der Waals surface area contributed by atoms with Crippen molar-refractivity contribution in [2.24, 2.45) is 0 Å². The first-order chi connectivity index (χ1) is 41.2. The summed E-state index contributed by atoms with van der Waals surface area (Å²) in [6, 6.07) is 0. The van der Waals surface area contributed by atoms with E-state index in [1.807, 2.05) is 0 Å². The van der Waals surface area contributed by atoms with E-state index in [1.54, 1.807) is 0 Å². The fourth-order valence-electron chi connectivity index (χ4n) is 9.45. The monoisotopic (exact) mass is 1250 g/mol. The third-order valence-corrected chi connectivity index (χ3v) is 16.6. The number of allylic oxidation sites excluding steroid dienone is 4. The smallest absolute Gasteiger partial charge is 0.462 e. The molecule has 19 heteroatoms. The summed E-state index contributed by atoms with van der Waals surface area (Å²) in [4.78, 5) is 72.2. The van der Waals surface area contributed by atoms with E-state index in [-0.39, 0.29) is 25.7 Å². The molecule has 5 atom stereocenters. The largest absolute Gasteiger partial charge is 0.472 e. The lowest BCUT2D eigenvalue weighted by Crippen LogP contribution is -2.30. The molecule has 0 aliphatic heterocycles. The van der Waals surface area contributed by atoms with E-state index in [0.29, 0.717) is 25.7 Å². The van der Waals surface area contributed by atoms with Crippen LogP contribution in [0.5, 0.6) is 0 Å². The molecule has 0 spiro atoms. The standard InChI is InChI=1S/C66H124O17P2/c1-5-9-13-17-21-25-28-30-31-32-34-37-41-45-49-53-66(71)83-62(57-77-64(69)51-47-43-39-36-33-29-26-22-18-14-10-6-2)59-81-85(74,75)79-55-60(67)54-78-84(72,73)80-58-61(56-76-63(68)50-46-42-38-24-20-16-12-8-4)82-65(70)52-48-44-40-35-27-23-19-15-11-7-3/h25,28,30-31,60-62,67H,5-24,26-27,29,32-59H2,1-4H3,(H,72,73)(H,74,75)/b28-25-,31-30-/t60-,61+,62+/m0/s1. The normalized spacial score (nSPS) is 14.3. The zero-order valence-corrected chi connectivity index (χ0v) is 55.8. The van der Waals surface area contributed by atoms with Crippen molar-refractivity contribution in [3.8, 4) is 0 Å². The molecule has 0 rings (SSSR count). The van der Waals surface area contributed by atoms with Gasteiger partial charge in [-0.2, -0.15) is 0 Å². The summed E-state index contributed by atoms with van der Waals surface area (Å²) in [6.07, 6.45) is 49.3. The van der Waals surface area contributed by atoms with Crippen molar-refractivity contribution in [1.82, 2.24) is 0 Å². The van der Waals surface area contributed by atoms with Crippen molar-refractivity contribution in [2.75, 3.05) is 39.6 Å². The molecular weight excluding hydrogens is 1130 g/mol. The lowest BCUT2D eigenvalue weighted by Gasteiger charge is -2.21. The summed E-state index contributed by atoms with van der Waals surface area (Å²) in [7, 11) is -9.90. The van der Waals surface area contributed by atoms with Crippen LogP contribution in [-0.2, 0) is 65.4 Å². The van der Waals surface area contributed by atoms with Gasteiger partial charge in [0.15, 0.2) is 12.2 Å². The van der Waals surface area contributed by atoms with E-state index in [0.717, 1.165) is 109 Å². The minimum atomic E-state index is -4.95. The van der Waals surface area contributed by atoms with Crippen molar-refractivity contribution in [3.05, 3.63) is 24.3 Å². The second-order valence-electron chi connectivity index (χ2n) is 23.2. The maximum absolute atomic E-state index is 13.0. The summed E-state index contributed by atoms with van der Waals surface area (Å²) in [5, 5.41) is 10.5. The number of phosphoric ester groups is 2. The number of hydrogen-bond acceptors (Lipinski definition) is 15. The van der Waals surface area contributed by atoms with Crippen molar-refractivity contribution in [2.45, 2.75) is 335 Å². The Labute approximate surface area is 516 Å². The summed E-state index contributed by atoms with van der Waals surface area (Å²) < 4.78 is 68.0. The summed E-state index contributed by atoms with van der Waals surface area (Å²) in [5.41, 5.74) is 0. The summed E-state index contributed by atoms with van der Waals surface area (Å²) >= 11 is 0. The average Bonchev–Trinajstić information content (AvgIpc) is 3.49. The Kier molecular flexibility index (Phi) is 58.7. The van der Waals surface area contributed by atoms with Gasteiger partial charge in [0.25, 0.3) is 0 Å². The number of unbranched alkanes of at least 4 members (excludes halogenated alkanes) is 36. The Bertz CT molecular complexity index is 1730. The topological polar surface area (TPSA) is 237 Å². The highest BCUT2D eigenvalue weighted by Crippen LogP contribution is 2.45. The van der Waals surface area contributed by atoms with Crippen LogP contribution in [0.1, 0.15) is 317 Å². The van der Waals surface area contributed by atoms with Crippen molar-refractivity contribution in [3.63, 3.8) is 0 Å². The number of aliphatic hydroxyl groups is 1. The first kappa shape index (κ1) is 82.5. The second kappa shape index (κ2) is 60.5. The van der Waals surface area contributed by atoms with Crippen LogP contribution >= 0.6 is 15.6 Å². The van der Waals surface area contributed by atoms with E-state index < -0.39 is 97.5 Å². The van der Waals surface area contributed by atoms with Crippen molar-refractivity contribution >= 4 is 39.5 Å². The van der Waals surface area contributed by atoms with Crippen LogP contribution in [0.4, 0.5) is 0 Å². The lowest BCUT2D eigenvalue weighted by atomic mass is 10.0. The molecule has 85 heavy (non-hydrogen) atoms. The Morgan fingerprint density at radius 3 is 0.859 bits per heavy atom. The van der Waals surface area contributed by atoms with Gasteiger partial charge in [0, 0.05) is 25.7 Å².